The number of anilines is 1. The Bertz CT molecular complexity index is 938. The fraction of sp³-hybridized carbons (Fsp3) is 0.696. The van der Waals surface area contributed by atoms with E-state index < -0.39 is 23.1 Å². The Balaban J connectivity index is 1.69. The van der Waals surface area contributed by atoms with Crippen LogP contribution in [0.1, 0.15) is 31.7 Å². The van der Waals surface area contributed by atoms with Gasteiger partial charge in [-0.1, -0.05) is 13.0 Å². The molecule has 4 heterocycles. The molecule has 4 fully saturated rings. The smallest absolute Gasteiger partial charge is 0.343 e. The maximum absolute atomic E-state index is 13.5. The summed E-state index contributed by atoms with van der Waals surface area (Å²) in [5, 5.41) is 11.9. The first kappa shape index (κ1) is 18.9. The number of nitrogens with zero attached hydrogens (tertiary/aromatic N) is 2. The van der Waals surface area contributed by atoms with Crippen molar-refractivity contribution in [1.82, 2.24) is 4.90 Å². The van der Waals surface area contributed by atoms with Crippen LogP contribution >= 0.6 is 0 Å². The molecule has 5 aliphatic rings. The van der Waals surface area contributed by atoms with E-state index in [1.807, 2.05) is 13.1 Å². The number of aliphatic hydroxyl groups excluding tert-OH is 1. The van der Waals surface area contributed by atoms with Gasteiger partial charge in [-0.25, -0.2) is 4.79 Å². The normalized spacial score (nSPS) is 45.3. The molecule has 1 aliphatic carbocycles. The second kappa shape index (κ2) is 5.69. The van der Waals surface area contributed by atoms with Crippen LogP contribution in [0.25, 0.3) is 0 Å². The first-order valence-corrected chi connectivity index (χ1v) is 11.0. The Morgan fingerprint density at radius 2 is 2.10 bits per heavy atom. The molecule has 2 bridgehead atoms. The SMILES string of the molecule is CC[C@]12[C@@H]3N4CC[C@H]1O[C@@](C(=O)OC)([C@@H]1N(C)c5cc(OC)ccc5[C@]31CC4)[C@@H]2O. The van der Waals surface area contributed by atoms with E-state index in [0.717, 1.165) is 43.8 Å². The molecule has 162 valence electrons. The van der Waals surface area contributed by atoms with Crippen molar-refractivity contribution < 1.29 is 24.1 Å². The van der Waals surface area contributed by atoms with Gasteiger partial charge in [-0.3, -0.25) is 4.90 Å². The maximum Gasteiger partial charge on any atom is 0.343 e. The molecule has 1 spiro atoms. The number of carbonyl (C=O) groups excluding carboxylic acids is 1. The molecule has 7 nitrogen and oxygen atoms in total. The molecule has 1 aromatic rings. The highest BCUT2D eigenvalue weighted by molar-refractivity contribution is 5.87. The molecule has 1 aromatic carbocycles. The van der Waals surface area contributed by atoms with Gasteiger partial charge in [0.25, 0.3) is 0 Å². The molecule has 1 saturated carbocycles. The quantitative estimate of drug-likeness (QED) is 0.748. The van der Waals surface area contributed by atoms with E-state index in [4.69, 9.17) is 14.2 Å². The van der Waals surface area contributed by atoms with Crippen LogP contribution in [0.15, 0.2) is 18.2 Å². The fourth-order valence-electron chi connectivity index (χ4n) is 8.36. The van der Waals surface area contributed by atoms with Gasteiger partial charge in [0.2, 0.25) is 5.60 Å². The Morgan fingerprint density at radius 3 is 2.80 bits per heavy atom. The molecule has 3 saturated heterocycles. The van der Waals surface area contributed by atoms with Crippen molar-refractivity contribution in [2.45, 2.75) is 61.5 Å². The minimum absolute atomic E-state index is 0.131. The number of esters is 1. The van der Waals surface area contributed by atoms with Crippen LogP contribution < -0.4 is 9.64 Å². The summed E-state index contributed by atoms with van der Waals surface area (Å²) in [5.74, 6) is 0.334. The van der Waals surface area contributed by atoms with Crippen LogP contribution in [0.2, 0.25) is 0 Å². The highest BCUT2D eigenvalue weighted by atomic mass is 16.6. The van der Waals surface area contributed by atoms with Crippen LogP contribution in [-0.4, -0.2) is 80.2 Å². The molecule has 0 radical (unpaired) electrons. The predicted molar refractivity (Wildman–Crippen MR) is 110 cm³/mol. The van der Waals surface area contributed by atoms with Crippen LogP contribution in [0.5, 0.6) is 5.75 Å². The zero-order chi connectivity index (χ0) is 21.1. The van der Waals surface area contributed by atoms with Gasteiger partial charge in [-0.2, -0.15) is 0 Å². The fourth-order valence-corrected chi connectivity index (χ4v) is 8.36. The first-order valence-electron chi connectivity index (χ1n) is 11.0. The average Bonchev–Trinajstić information content (AvgIpc) is 3.36. The summed E-state index contributed by atoms with van der Waals surface area (Å²) in [6.45, 7) is 4.04. The standard InChI is InChI=1S/C23H30N2O5/c1-5-21-16-8-10-25-11-9-22(17(21)25)14-7-6-13(28-3)12-15(14)24(2)18(22)23(30-16,19(21)26)20(27)29-4/h6-7,12,16-19,26H,5,8-11H2,1-4H3/t16-,17+,18-,19-,21-,22-,23+/m1/s1. The summed E-state index contributed by atoms with van der Waals surface area (Å²) in [4.78, 5) is 18.2. The third-order valence-corrected chi connectivity index (χ3v) is 9.19. The molecule has 30 heavy (non-hydrogen) atoms. The van der Waals surface area contributed by atoms with Crippen molar-refractivity contribution in [3.63, 3.8) is 0 Å². The number of likely N-dealkylation sites (N-methyl/N-ethyl adjacent to an activating group) is 1. The number of aliphatic hydroxyl groups is 1. The topological polar surface area (TPSA) is 71.5 Å². The zero-order valence-electron chi connectivity index (χ0n) is 18.1. The van der Waals surface area contributed by atoms with Crippen LogP contribution in [0.4, 0.5) is 5.69 Å². The summed E-state index contributed by atoms with van der Waals surface area (Å²) in [6, 6.07) is 6.04. The lowest BCUT2D eigenvalue weighted by molar-refractivity contribution is -0.188. The number of hydrogen-bond donors (Lipinski definition) is 1. The summed E-state index contributed by atoms with van der Waals surface area (Å²) < 4.78 is 17.5. The van der Waals surface area contributed by atoms with Crippen LogP contribution in [0, 0.1) is 5.41 Å². The van der Waals surface area contributed by atoms with Crippen molar-refractivity contribution in [2.75, 3.05) is 39.3 Å². The molecule has 0 aromatic heterocycles. The largest absolute Gasteiger partial charge is 0.497 e. The average molecular weight is 415 g/mol. The number of rotatable bonds is 3. The monoisotopic (exact) mass is 414 g/mol. The number of ether oxygens (including phenoxy) is 3. The van der Waals surface area contributed by atoms with Crippen molar-refractivity contribution in [3.8, 4) is 5.75 Å². The molecule has 1 N–H and O–H groups in total. The first-order chi connectivity index (χ1) is 14.4. The minimum atomic E-state index is -1.40. The molecule has 0 unspecified atom stereocenters. The summed E-state index contributed by atoms with van der Waals surface area (Å²) in [6.07, 6.45) is 1.49. The van der Waals surface area contributed by atoms with Gasteiger partial charge >= 0.3 is 5.97 Å². The molecule has 4 aliphatic heterocycles. The Morgan fingerprint density at radius 1 is 1.30 bits per heavy atom. The zero-order valence-corrected chi connectivity index (χ0v) is 18.1. The summed E-state index contributed by atoms with van der Waals surface area (Å²) in [7, 11) is 5.09. The molecule has 0 amide bonds. The number of methoxy groups -OCH3 is 2. The van der Waals surface area contributed by atoms with Gasteiger partial charge in [0, 0.05) is 42.2 Å². The molecule has 7 heteroatoms. The lowest BCUT2D eigenvalue weighted by Gasteiger charge is -2.60. The van der Waals surface area contributed by atoms with E-state index in [9.17, 15) is 9.90 Å². The lowest BCUT2D eigenvalue weighted by Crippen LogP contribution is -2.78. The number of carbonyl (C=O) groups is 1. The van der Waals surface area contributed by atoms with Crippen molar-refractivity contribution in [3.05, 3.63) is 23.8 Å². The second-order valence-corrected chi connectivity index (χ2v) is 9.67. The van der Waals surface area contributed by atoms with Crippen LogP contribution in [-0.2, 0) is 19.7 Å². The van der Waals surface area contributed by atoms with E-state index in [0.29, 0.717) is 0 Å². The van der Waals surface area contributed by atoms with Gasteiger partial charge in [-0.15, -0.1) is 0 Å². The van der Waals surface area contributed by atoms with Gasteiger partial charge < -0.3 is 24.2 Å². The van der Waals surface area contributed by atoms with Crippen LogP contribution in [0.3, 0.4) is 0 Å². The van der Waals surface area contributed by atoms with E-state index in [1.54, 1.807) is 7.11 Å². The molecule has 6 rings (SSSR count). The molecular formula is C23H30N2O5. The third-order valence-electron chi connectivity index (χ3n) is 9.19. The highest BCUT2D eigenvalue weighted by Gasteiger charge is 2.85. The number of fused-ring (bicyclic) bond motifs is 3. The van der Waals surface area contributed by atoms with Gasteiger partial charge in [-0.05, 0) is 37.4 Å². The lowest BCUT2D eigenvalue weighted by atomic mass is 9.48. The Labute approximate surface area is 176 Å². The summed E-state index contributed by atoms with van der Waals surface area (Å²) in [5.41, 5.74) is 0.123. The number of hydrogen-bond acceptors (Lipinski definition) is 7. The van der Waals surface area contributed by atoms with Crippen molar-refractivity contribution in [1.29, 1.82) is 0 Å². The molecule has 7 atom stereocenters. The van der Waals surface area contributed by atoms with Crippen molar-refractivity contribution >= 4 is 11.7 Å². The Kier molecular flexibility index (Phi) is 3.59. The van der Waals surface area contributed by atoms with Gasteiger partial charge in [0.05, 0.1) is 26.4 Å². The highest BCUT2D eigenvalue weighted by Crippen LogP contribution is 2.72. The third kappa shape index (κ3) is 1.65. The number of piperidine rings is 1. The van der Waals surface area contributed by atoms with E-state index in [-0.39, 0.29) is 23.6 Å². The van der Waals surface area contributed by atoms with E-state index in [2.05, 4.69) is 28.9 Å². The predicted octanol–water partition coefficient (Wildman–Crippen LogP) is 1.31. The van der Waals surface area contributed by atoms with E-state index >= 15 is 0 Å². The van der Waals surface area contributed by atoms with Gasteiger partial charge in [0.1, 0.15) is 11.9 Å². The maximum atomic E-state index is 13.5. The Hall–Kier alpha value is -1.83. The van der Waals surface area contributed by atoms with E-state index in [1.165, 1.54) is 12.7 Å². The minimum Gasteiger partial charge on any atom is -0.497 e. The van der Waals surface area contributed by atoms with Gasteiger partial charge in [0.15, 0.2) is 0 Å². The molecular weight excluding hydrogens is 384 g/mol. The van der Waals surface area contributed by atoms with Crippen molar-refractivity contribution in [2.24, 2.45) is 5.41 Å². The second-order valence-electron chi connectivity index (χ2n) is 9.67. The summed E-state index contributed by atoms with van der Waals surface area (Å²) >= 11 is 0. The number of benzene rings is 1.